The van der Waals surface area contributed by atoms with Crippen molar-refractivity contribution in [3.63, 3.8) is 0 Å². The van der Waals surface area contributed by atoms with Crippen LogP contribution in [0.25, 0.3) is 11.4 Å². The van der Waals surface area contributed by atoms with Crippen molar-refractivity contribution in [2.75, 3.05) is 6.26 Å². The minimum atomic E-state index is -3.44. The summed E-state index contributed by atoms with van der Waals surface area (Å²) in [6.07, 6.45) is 1.03. The Labute approximate surface area is 111 Å². The molecule has 0 bridgehead atoms. The Hall–Kier alpha value is -1.73. The Bertz CT molecular complexity index is 692. The highest BCUT2D eigenvalue weighted by molar-refractivity contribution is 7.85. The summed E-state index contributed by atoms with van der Waals surface area (Å²) >= 11 is 0. The summed E-state index contributed by atoms with van der Waals surface area (Å²) < 4.78 is 31.6. The molecule has 0 aliphatic heterocycles. The molecule has 102 valence electrons. The van der Waals surface area contributed by atoms with E-state index in [0.717, 1.165) is 22.9 Å². The third kappa shape index (κ3) is 3.62. The molecule has 0 aliphatic carbocycles. The summed E-state index contributed by atoms with van der Waals surface area (Å²) in [6.45, 7) is 3.62. The van der Waals surface area contributed by atoms with E-state index in [9.17, 15) is 8.42 Å². The molecule has 0 unspecified atom stereocenters. The highest BCUT2D eigenvalue weighted by Crippen LogP contribution is 2.20. The second-order valence-corrected chi connectivity index (χ2v) is 5.89. The molecule has 1 aromatic heterocycles. The van der Waals surface area contributed by atoms with Crippen LogP contribution in [0.3, 0.4) is 0 Å². The lowest BCUT2D eigenvalue weighted by atomic mass is 10.1. The van der Waals surface area contributed by atoms with Crippen LogP contribution in [0.1, 0.15) is 17.0 Å². The first-order chi connectivity index (χ1) is 8.85. The van der Waals surface area contributed by atoms with Crippen LogP contribution in [0.5, 0.6) is 0 Å². The molecule has 0 aliphatic rings. The molecule has 7 heteroatoms. The highest BCUT2D eigenvalue weighted by atomic mass is 32.2. The fourth-order valence-corrected chi connectivity index (χ4v) is 1.92. The van der Waals surface area contributed by atoms with Gasteiger partial charge in [-0.3, -0.25) is 4.18 Å². The molecule has 0 amide bonds. The molecular weight excluding hydrogens is 268 g/mol. The maximum absolute atomic E-state index is 11.0. The number of aromatic nitrogens is 2. The fraction of sp³-hybridized carbons (Fsp3) is 0.333. The molecule has 0 spiro atoms. The molecule has 2 rings (SSSR count). The third-order valence-electron chi connectivity index (χ3n) is 2.56. The van der Waals surface area contributed by atoms with Crippen molar-refractivity contribution in [3.05, 3.63) is 35.2 Å². The lowest BCUT2D eigenvalue weighted by molar-refractivity contribution is 0.311. The van der Waals surface area contributed by atoms with Crippen molar-refractivity contribution in [1.82, 2.24) is 10.1 Å². The van der Waals surface area contributed by atoms with Gasteiger partial charge in [-0.25, -0.2) is 0 Å². The highest BCUT2D eigenvalue weighted by Gasteiger charge is 2.09. The maximum atomic E-state index is 11.0. The normalized spacial score (nSPS) is 11.7. The summed E-state index contributed by atoms with van der Waals surface area (Å²) in [5, 5.41) is 3.83. The molecule has 0 fully saturated rings. The van der Waals surface area contributed by atoms with Gasteiger partial charge in [0.2, 0.25) is 11.7 Å². The molecular formula is C12H14N2O4S. The van der Waals surface area contributed by atoms with Crippen molar-refractivity contribution in [2.24, 2.45) is 0 Å². The monoisotopic (exact) mass is 282 g/mol. The van der Waals surface area contributed by atoms with E-state index in [-0.39, 0.29) is 6.61 Å². The number of hydrogen-bond acceptors (Lipinski definition) is 6. The number of rotatable bonds is 4. The zero-order valence-electron chi connectivity index (χ0n) is 10.9. The third-order valence-corrected chi connectivity index (χ3v) is 3.10. The average molecular weight is 282 g/mol. The van der Waals surface area contributed by atoms with Crippen LogP contribution >= 0.6 is 0 Å². The molecule has 0 atom stereocenters. The summed E-state index contributed by atoms with van der Waals surface area (Å²) in [4.78, 5) is 4.13. The van der Waals surface area contributed by atoms with Gasteiger partial charge < -0.3 is 4.52 Å². The maximum Gasteiger partial charge on any atom is 0.264 e. The lowest BCUT2D eigenvalue weighted by Gasteiger charge is -2.06. The summed E-state index contributed by atoms with van der Waals surface area (Å²) in [6, 6.07) is 5.46. The minimum Gasteiger partial charge on any atom is -0.339 e. The van der Waals surface area contributed by atoms with Gasteiger partial charge in [0, 0.05) is 12.5 Å². The van der Waals surface area contributed by atoms with Crippen molar-refractivity contribution < 1.29 is 17.1 Å². The first-order valence-electron chi connectivity index (χ1n) is 5.60. The van der Waals surface area contributed by atoms with Gasteiger partial charge in [0.1, 0.15) is 0 Å². The Morgan fingerprint density at radius 1 is 1.32 bits per heavy atom. The molecule has 0 saturated heterocycles. The molecule has 0 saturated carbocycles. The van der Waals surface area contributed by atoms with Gasteiger partial charge in [-0.1, -0.05) is 17.3 Å². The topological polar surface area (TPSA) is 82.3 Å². The zero-order chi connectivity index (χ0) is 14.0. The summed E-state index contributed by atoms with van der Waals surface area (Å²) in [7, 11) is -3.44. The SMILES string of the molecule is Cc1nc(-c2ccc(COS(C)(=O)=O)c(C)c2)no1. The van der Waals surface area contributed by atoms with Gasteiger partial charge in [-0.2, -0.15) is 13.4 Å². The predicted octanol–water partition coefficient (Wildman–Crippen LogP) is 1.83. The first-order valence-corrected chi connectivity index (χ1v) is 7.41. The van der Waals surface area contributed by atoms with E-state index in [4.69, 9.17) is 8.71 Å². The average Bonchev–Trinajstić information content (AvgIpc) is 2.73. The van der Waals surface area contributed by atoms with Gasteiger partial charge in [0.15, 0.2) is 0 Å². The molecule has 1 aromatic carbocycles. The largest absolute Gasteiger partial charge is 0.339 e. The van der Waals surface area contributed by atoms with E-state index < -0.39 is 10.1 Å². The molecule has 2 aromatic rings. The van der Waals surface area contributed by atoms with Crippen LogP contribution in [0.4, 0.5) is 0 Å². The molecule has 1 heterocycles. The standard InChI is InChI=1S/C12H14N2O4S/c1-8-6-10(12-13-9(2)18-14-12)4-5-11(8)7-17-19(3,15)16/h4-6H,7H2,1-3H3. The van der Waals surface area contributed by atoms with E-state index >= 15 is 0 Å². The second kappa shape index (κ2) is 5.10. The Balaban J connectivity index is 2.22. The van der Waals surface area contributed by atoms with Crippen molar-refractivity contribution >= 4 is 10.1 Å². The van der Waals surface area contributed by atoms with Gasteiger partial charge in [-0.15, -0.1) is 0 Å². The number of hydrogen-bond donors (Lipinski definition) is 0. The number of aryl methyl sites for hydroxylation is 2. The van der Waals surface area contributed by atoms with E-state index in [1.165, 1.54) is 0 Å². The van der Waals surface area contributed by atoms with Gasteiger partial charge in [0.05, 0.1) is 12.9 Å². The summed E-state index contributed by atoms with van der Waals surface area (Å²) in [5.41, 5.74) is 2.52. The van der Waals surface area contributed by atoms with Crippen molar-refractivity contribution in [1.29, 1.82) is 0 Å². The van der Waals surface area contributed by atoms with E-state index in [1.807, 2.05) is 13.0 Å². The zero-order valence-corrected chi connectivity index (χ0v) is 11.7. The second-order valence-electron chi connectivity index (χ2n) is 4.24. The quantitative estimate of drug-likeness (QED) is 0.796. The van der Waals surface area contributed by atoms with Crippen LogP contribution in [-0.2, 0) is 20.9 Å². The molecule has 6 nitrogen and oxygen atoms in total. The van der Waals surface area contributed by atoms with Gasteiger partial charge in [0.25, 0.3) is 10.1 Å². The van der Waals surface area contributed by atoms with Gasteiger partial charge in [-0.05, 0) is 24.1 Å². The van der Waals surface area contributed by atoms with Crippen LogP contribution in [-0.4, -0.2) is 24.8 Å². The van der Waals surface area contributed by atoms with Gasteiger partial charge >= 0.3 is 0 Å². The number of benzene rings is 1. The molecule has 19 heavy (non-hydrogen) atoms. The Kier molecular flexibility index (Phi) is 3.68. The van der Waals surface area contributed by atoms with Crippen LogP contribution < -0.4 is 0 Å². The van der Waals surface area contributed by atoms with Crippen molar-refractivity contribution in [2.45, 2.75) is 20.5 Å². The van der Waals surface area contributed by atoms with E-state index in [0.29, 0.717) is 11.7 Å². The summed E-state index contributed by atoms with van der Waals surface area (Å²) in [5.74, 6) is 1.01. The van der Waals surface area contributed by atoms with Crippen LogP contribution in [0.2, 0.25) is 0 Å². The van der Waals surface area contributed by atoms with E-state index in [2.05, 4.69) is 10.1 Å². The van der Waals surface area contributed by atoms with Crippen LogP contribution in [0.15, 0.2) is 22.7 Å². The van der Waals surface area contributed by atoms with Crippen molar-refractivity contribution in [3.8, 4) is 11.4 Å². The predicted molar refractivity (Wildman–Crippen MR) is 68.8 cm³/mol. The lowest BCUT2D eigenvalue weighted by Crippen LogP contribution is -2.03. The number of nitrogens with zero attached hydrogens (tertiary/aromatic N) is 2. The molecule has 0 N–H and O–H groups in total. The Morgan fingerprint density at radius 2 is 2.05 bits per heavy atom. The van der Waals surface area contributed by atoms with E-state index in [1.54, 1.807) is 19.1 Å². The first kappa shape index (κ1) is 13.7. The van der Waals surface area contributed by atoms with Crippen LogP contribution in [0, 0.1) is 13.8 Å². The minimum absolute atomic E-state index is 0.0240. The Morgan fingerprint density at radius 3 is 2.58 bits per heavy atom. The molecule has 0 radical (unpaired) electrons. The smallest absolute Gasteiger partial charge is 0.264 e. The fourth-order valence-electron chi connectivity index (χ4n) is 1.58.